The number of carbonyl (C=O) groups excluding carboxylic acids is 1. The average Bonchev–Trinajstić information content (AvgIpc) is 2.49. The van der Waals surface area contributed by atoms with Crippen molar-refractivity contribution in [3.8, 4) is 11.8 Å². The first-order chi connectivity index (χ1) is 10.0. The molecule has 3 nitrogen and oxygen atoms in total. The third kappa shape index (κ3) is 3.49. The normalized spacial score (nSPS) is 10.0. The molecule has 21 heavy (non-hydrogen) atoms. The molecule has 0 N–H and O–H groups in total. The van der Waals surface area contributed by atoms with Crippen LogP contribution in [-0.2, 0) is 0 Å². The summed E-state index contributed by atoms with van der Waals surface area (Å²) in [5, 5.41) is 8.74. The number of carbonyl (C=O) groups is 1. The lowest BCUT2D eigenvalue weighted by Gasteiger charge is -2.12. The van der Waals surface area contributed by atoms with Crippen molar-refractivity contribution >= 4 is 5.78 Å². The average molecular weight is 279 g/mol. The van der Waals surface area contributed by atoms with Gasteiger partial charge in [0.15, 0.2) is 12.4 Å². The van der Waals surface area contributed by atoms with Gasteiger partial charge in [-0.2, -0.15) is 5.26 Å². The minimum absolute atomic E-state index is 0.00433. The van der Waals surface area contributed by atoms with Crippen molar-refractivity contribution < 1.29 is 9.53 Å². The number of nitriles is 1. The smallest absolute Gasteiger partial charge is 0.200 e. The number of ketones is 1. The molecule has 0 aliphatic carbocycles. The third-order valence-corrected chi connectivity index (χ3v) is 3.46. The number of rotatable bonds is 4. The van der Waals surface area contributed by atoms with E-state index in [1.807, 2.05) is 32.9 Å². The minimum atomic E-state index is -0.0990. The fourth-order valence-corrected chi connectivity index (χ4v) is 2.11. The zero-order valence-electron chi connectivity index (χ0n) is 12.4. The molecule has 2 aromatic carbocycles. The highest BCUT2D eigenvalue weighted by Gasteiger charge is 2.09. The van der Waals surface area contributed by atoms with Gasteiger partial charge in [0, 0.05) is 5.56 Å². The number of Topliss-reactive ketones (excluding diaryl/α,β-unsaturated/α-hetero) is 1. The molecule has 2 aromatic rings. The summed E-state index contributed by atoms with van der Waals surface area (Å²) in [4.78, 5) is 12.1. The lowest BCUT2D eigenvalue weighted by atomic mass is 10.1. The second-order valence-corrected chi connectivity index (χ2v) is 5.11. The Balaban J connectivity index is 2.09. The molecule has 0 radical (unpaired) electrons. The van der Waals surface area contributed by atoms with Gasteiger partial charge >= 0.3 is 0 Å². The van der Waals surface area contributed by atoms with Gasteiger partial charge < -0.3 is 4.74 Å². The van der Waals surface area contributed by atoms with Crippen LogP contribution >= 0.6 is 0 Å². The van der Waals surface area contributed by atoms with Crippen molar-refractivity contribution in [2.75, 3.05) is 6.61 Å². The molecule has 0 aliphatic rings. The number of hydrogen-bond acceptors (Lipinski definition) is 3. The minimum Gasteiger partial charge on any atom is -0.485 e. The summed E-state index contributed by atoms with van der Waals surface area (Å²) in [6.45, 7) is 6.01. The van der Waals surface area contributed by atoms with Crippen LogP contribution in [0.1, 0.15) is 32.6 Å². The predicted octanol–water partition coefficient (Wildman–Crippen LogP) is 3.75. The summed E-state index contributed by atoms with van der Waals surface area (Å²) in [6.07, 6.45) is 0. The van der Waals surface area contributed by atoms with Crippen LogP contribution in [0.2, 0.25) is 0 Å². The SMILES string of the molecule is Cc1cc(C)c(C)c(OCC(=O)c2ccc(C#N)cc2)c1. The number of ether oxygens (including phenoxy) is 1. The quantitative estimate of drug-likeness (QED) is 0.801. The molecule has 0 aliphatic heterocycles. The van der Waals surface area contributed by atoms with Gasteiger partial charge in [-0.25, -0.2) is 0 Å². The molecule has 0 heterocycles. The third-order valence-electron chi connectivity index (χ3n) is 3.46. The van der Waals surface area contributed by atoms with Crippen LogP contribution in [0.15, 0.2) is 36.4 Å². The number of benzene rings is 2. The molecule has 0 fully saturated rings. The molecule has 0 bridgehead atoms. The Morgan fingerprint density at radius 2 is 1.81 bits per heavy atom. The summed E-state index contributed by atoms with van der Waals surface area (Å²) in [5.41, 5.74) is 4.40. The molecule has 0 saturated carbocycles. The van der Waals surface area contributed by atoms with E-state index in [2.05, 4.69) is 6.07 Å². The van der Waals surface area contributed by atoms with Crippen molar-refractivity contribution in [1.82, 2.24) is 0 Å². The van der Waals surface area contributed by atoms with E-state index in [0.29, 0.717) is 11.1 Å². The van der Waals surface area contributed by atoms with E-state index in [1.54, 1.807) is 24.3 Å². The summed E-state index contributed by atoms with van der Waals surface area (Å²) in [7, 11) is 0. The Hall–Kier alpha value is -2.60. The summed E-state index contributed by atoms with van der Waals surface area (Å²) < 4.78 is 5.66. The monoisotopic (exact) mass is 279 g/mol. The highest BCUT2D eigenvalue weighted by atomic mass is 16.5. The summed E-state index contributed by atoms with van der Waals surface area (Å²) in [5.74, 6) is 0.646. The van der Waals surface area contributed by atoms with Crippen LogP contribution in [0.3, 0.4) is 0 Å². The molecule has 0 spiro atoms. The topological polar surface area (TPSA) is 50.1 Å². The van der Waals surface area contributed by atoms with Gasteiger partial charge in [-0.05, 0) is 67.8 Å². The Labute approximate surface area is 124 Å². The van der Waals surface area contributed by atoms with Gasteiger partial charge in [0.2, 0.25) is 0 Å². The van der Waals surface area contributed by atoms with Crippen LogP contribution in [0.5, 0.6) is 5.75 Å². The lowest BCUT2D eigenvalue weighted by Crippen LogP contribution is -2.12. The van der Waals surface area contributed by atoms with Crippen molar-refractivity contribution in [3.63, 3.8) is 0 Å². The molecule has 0 saturated heterocycles. The van der Waals surface area contributed by atoms with Crippen LogP contribution < -0.4 is 4.74 Å². The molecular weight excluding hydrogens is 262 g/mol. The molecule has 0 amide bonds. The second kappa shape index (κ2) is 6.23. The number of aryl methyl sites for hydroxylation is 2. The molecule has 2 rings (SSSR count). The molecule has 0 unspecified atom stereocenters. The van der Waals surface area contributed by atoms with E-state index >= 15 is 0 Å². The highest BCUT2D eigenvalue weighted by molar-refractivity contribution is 5.97. The first-order valence-electron chi connectivity index (χ1n) is 6.75. The summed E-state index contributed by atoms with van der Waals surface area (Å²) in [6, 6.07) is 12.6. The van der Waals surface area contributed by atoms with Crippen LogP contribution in [0.4, 0.5) is 0 Å². The number of hydrogen-bond donors (Lipinski definition) is 0. The fourth-order valence-electron chi connectivity index (χ4n) is 2.11. The zero-order chi connectivity index (χ0) is 15.4. The van der Waals surface area contributed by atoms with E-state index in [4.69, 9.17) is 10.00 Å². The molecule has 106 valence electrons. The Morgan fingerprint density at radius 3 is 2.43 bits per heavy atom. The highest BCUT2D eigenvalue weighted by Crippen LogP contribution is 2.23. The van der Waals surface area contributed by atoms with Gasteiger partial charge in [-0.1, -0.05) is 6.07 Å². The van der Waals surface area contributed by atoms with E-state index in [9.17, 15) is 4.79 Å². The maximum Gasteiger partial charge on any atom is 0.200 e. The van der Waals surface area contributed by atoms with Gasteiger partial charge in [-0.3, -0.25) is 4.79 Å². The Morgan fingerprint density at radius 1 is 1.14 bits per heavy atom. The maximum absolute atomic E-state index is 12.1. The van der Waals surface area contributed by atoms with Crippen LogP contribution in [0.25, 0.3) is 0 Å². The summed E-state index contributed by atoms with van der Waals surface area (Å²) >= 11 is 0. The molecule has 3 heteroatoms. The molecule has 0 aromatic heterocycles. The standard InChI is InChI=1S/C18H17NO2/c1-12-8-13(2)14(3)18(9-12)21-11-17(20)16-6-4-15(10-19)5-7-16/h4-9H,11H2,1-3H3. The van der Waals surface area contributed by atoms with Gasteiger partial charge in [0.05, 0.1) is 11.6 Å². The first-order valence-corrected chi connectivity index (χ1v) is 6.75. The first kappa shape index (κ1) is 14.8. The van der Waals surface area contributed by atoms with E-state index < -0.39 is 0 Å². The van der Waals surface area contributed by atoms with Crippen molar-refractivity contribution in [2.45, 2.75) is 20.8 Å². The van der Waals surface area contributed by atoms with Gasteiger partial charge in [0.25, 0.3) is 0 Å². The van der Waals surface area contributed by atoms with Crippen molar-refractivity contribution in [1.29, 1.82) is 5.26 Å². The van der Waals surface area contributed by atoms with E-state index in [1.165, 1.54) is 0 Å². The van der Waals surface area contributed by atoms with E-state index in [0.717, 1.165) is 22.4 Å². The lowest BCUT2D eigenvalue weighted by molar-refractivity contribution is 0.0921. The largest absolute Gasteiger partial charge is 0.485 e. The van der Waals surface area contributed by atoms with Crippen LogP contribution in [0, 0.1) is 32.1 Å². The zero-order valence-corrected chi connectivity index (χ0v) is 12.4. The fraction of sp³-hybridized carbons (Fsp3) is 0.222. The molecular formula is C18H17NO2. The molecule has 0 atom stereocenters. The second-order valence-electron chi connectivity index (χ2n) is 5.11. The van der Waals surface area contributed by atoms with Crippen molar-refractivity contribution in [3.05, 3.63) is 64.2 Å². The van der Waals surface area contributed by atoms with E-state index in [-0.39, 0.29) is 12.4 Å². The van der Waals surface area contributed by atoms with Crippen LogP contribution in [-0.4, -0.2) is 12.4 Å². The number of nitrogens with zero attached hydrogens (tertiary/aromatic N) is 1. The van der Waals surface area contributed by atoms with Gasteiger partial charge in [0.1, 0.15) is 5.75 Å². The maximum atomic E-state index is 12.1. The Bertz CT molecular complexity index is 709. The van der Waals surface area contributed by atoms with Crippen molar-refractivity contribution in [2.24, 2.45) is 0 Å². The van der Waals surface area contributed by atoms with Gasteiger partial charge in [-0.15, -0.1) is 0 Å². The Kier molecular flexibility index (Phi) is 4.39. The predicted molar refractivity (Wildman–Crippen MR) is 81.6 cm³/mol.